The fourth-order valence-electron chi connectivity index (χ4n) is 2.40. The lowest BCUT2D eigenvalue weighted by molar-refractivity contribution is 0.207. The second-order valence-corrected chi connectivity index (χ2v) is 6.42. The maximum absolute atomic E-state index is 13.5. The maximum atomic E-state index is 13.5. The third kappa shape index (κ3) is 5.06. The zero-order chi connectivity index (χ0) is 17.0. The number of nitrogens with one attached hydrogen (secondary N) is 2. The van der Waals surface area contributed by atoms with Crippen molar-refractivity contribution in [3.63, 3.8) is 0 Å². The molecule has 0 bridgehead atoms. The van der Waals surface area contributed by atoms with Crippen LogP contribution in [0.4, 0.5) is 9.18 Å². The predicted octanol–water partition coefficient (Wildman–Crippen LogP) is 2.29. The first-order chi connectivity index (χ1) is 10.9. The van der Waals surface area contributed by atoms with Crippen molar-refractivity contribution in [3.8, 4) is 0 Å². The number of carbonyl (C=O) groups is 1. The molecule has 2 atom stereocenters. The van der Waals surface area contributed by atoms with Gasteiger partial charge in [0.2, 0.25) is 0 Å². The van der Waals surface area contributed by atoms with Crippen molar-refractivity contribution in [2.45, 2.75) is 37.9 Å². The van der Waals surface area contributed by atoms with Crippen LogP contribution >= 0.6 is 11.6 Å². The van der Waals surface area contributed by atoms with Gasteiger partial charge in [0.05, 0.1) is 17.7 Å². The van der Waals surface area contributed by atoms with E-state index in [-0.39, 0.29) is 17.7 Å². The molecular formula is C16H23ClFN3O2. The molecule has 7 heteroatoms. The van der Waals surface area contributed by atoms with E-state index < -0.39 is 17.9 Å². The number of carbonyl (C=O) groups excluding carboxylic acids is 1. The Kier molecular flexibility index (Phi) is 6.21. The van der Waals surface area contributed by atoms with E-state index in [1.165, 1.54) is 25.0 Å². The Bertz CT molecular complexity index is 554. The molecule has 0 aromatic heterocycles. The summed E-state index contributed by atoms with van der Waals surface area (Å²) in [4.78, 5) is 14.2. The molecule has 0 saturated heterocycles. The van der Waals surface area contributed by atoms with E-state index in [2.05, 4.69) is 29.5 Å². The topological polar surface area (TPSA) is 64.6 Å². The summed E-state index contributed by atoms with van der Waals surface area (Å²) in [6.07, 6.45) is 2.42. The highest BCUT2D eigenvalue weighted by molar-refractivity contribution is 6.30. The van der Waals surface area contributed by atoms with Crippen LogP contribution in [0.15, 0.2) is 18.2 Å². The van der Waals surface area contributed by atoms with Crippen LogP contribution in [-0.4, -0.2) is 48.3 Å². The number of hydrogen-bond donors (Lipinski definition) is 3. The fourth-order valence-corrected chi connectivity index (χ4v) is 2.52. The van der Waals surface area contributed by atoms with Gasteiger partial charge in [-0.1, -0.05) is 17.7 Å². The lowest BCUT2D eigenvalue weighted by Crippen LogP contribution is -2.45. The van der Waals surface area contributed by atoms with Crippen LogP contribution in [0.2, 0.25) is 5.02 Å². The first-order valence-electron chi connectivity index (χ1n) is 7.74. The Labute approximate surface area is 140 Å². The SMILES string of the molecule is CC(CNC(=O)NC(CO)c1ccc(Cl)c(F)c1)N(C)C1CC1. The Hall–Kier alpha value is -1.37. The van der Waals surface area contributed by atoms with Crippen molar-refractivity contribution in [3.05, 3.63) is 34.6 Å². The third-order valence-corrected chi connectivity index (χ3v) is 4.52. The van der Waals surface area contributed by atoms with Gasteiger partial charge >= 0.3 is 6.03 Å². The van der Waals surface area contributed by atoms with Crippen LogP contribution in [0.1, 0.15) is 31.4 Å². The first kappa shape index (κ1) is 18.0. The molecule has 1 aromatic rings. The van der Waals surface area contributed by atoms with Crippen LogP contribution in [0.3, 0.4) is 0 Å². The third-order valence-electron chi connectivity index (χ3n) is 4.21. The van der Waals surface area contributed by atoms with Crippen molar-refractivity contribution in [1.82, 2.24) is 15.5 Å². The fraction of sp³-hybridized carbons (Fsp3) is 0.562. The highest BCUT2D eigenvalue weighted by Gasteiger charge is 2.29. The minimum absolute atomic E-state index is 0.00632. The number of nitrogens with zero attached hydrogens (tertiary/aromatic N) is 1. The van der Waals surface area contributed by atoms with E-state index >= 15 is 0 Å². The van der Waals surface area contributed by atoms with Crippen molar-refractivity contribution in [2.75, 3.05) is 20.2 Å². The van der Waals surface area contributed by atoms with Crippen molar-refractivity contribution < 1.29 is 14.3 Å². The van der Waals surface area contributed by atoms with Crippen LogP contribution in [0.25, 0.3) is 0 Å². The predicted molar refractivity (Wildman–Crippen MR) is 88.0 cm³/mol. The maximum Gasteiger partial charge on any atom is 0.315 e. The number of benzene rings is 1. The molecule has 2 rings (SSSR count). The Morgan fingerprint density at radius 2 is 2.22 bits per heavy atom. The van der Waals surface area contributed by atoms with E-state index in [0.717, 1.165) is 0 Å². The molecule has 2 amide bonds. The number of hydrogen-bond acceptors (Lipinski definition) is 3. The van der Waals surface area contributed by atoms with Gasteiger partial charge in [-0.2, -0.15) is 0 Å². The second kappa shape index (κ2) is 7.95. The number of urea groups is 1. The molecule has 1 fully saturated rings. The average molecular weight is 344 g/mol. The number of rotatable bonds is 7. The molecule has 1 saturated carbocycles. The molecule has 0 radical (unpaired) electrons. The molecule has 128 valence electrons. The van der Waals surface area contributed by atoms with Crippen LogP contribution in [0.5, 0.6) is 0 Å². The molecule has 1 aromatic carbocycles. The summed E-state index contributed by atoms with van der Waals surface area (Å²) in [5.41, 5.74) is 0.465. The normalized spacial score (nSPS) is 17.0. The molecule has 0 heterocycles. The van der Waals surface area contributed by atoms with E-state index in [0.29, 0.717) is 18.2 Å². The largest absolute Gasteiger partial charge is 0.394 e. The summed E-state index contributed by atoms with van der Waals surface area (Å²) >= 11 is 5.64. The van der Waals surface area contributed by atoms with Gasteiger partial charge in [-0.15, -0.1) is 0 Å². The summed E-state index contributed by atoms with van der Waals surface area (Å²) in [5.74, 6) is -0.579. The molecular weight excluding hydrogens is 321 g/mol. The number of halogens is 2. The molecule has 3 N–H and O–H groups in total. The Morgan fingerprint density at radius 3 is 2.78 bits per heavy atom. The van der Waals surface area contributed by atoms with Gasteiger partial charge in [-0.25, -0.2) is 9.18 Å². The number of amides is 2. The molecule has 1 aliphatic rings. The summed E-state index contributed by atoms with van der Waals surface area (Å²) < 4.78 is 13.5. The quantitative estimate of drug-likeness (QED) is 0.711. The van der Waals surface area contributed by atoms with Gasteiger partial charge in [0, 0.05) is 18.6 Å². The highest BCUT2D eigenvalue weighted by atomic mass is 35.5. The summed E-state index contributed by atoms with van der Waals surface area (Å²) in [5, 5.41) is 14.9. The highest BCUT2D eigenvalue weighted by Crippen LogP contribution is 2.26. The average Bonchev–Trinajstić information content (AvgIpc) is 3.37. The lowest BCUT2D eigenvalue weighted by atomic mass is 10.1. The van der Waals surface area contributed by atoms with Gasteiger partial charge in [0.1, 0.15) is 5.82 Å². The monoisotopic (exact) mass is 343 g/mol. The molecule has 0 aliphatic heterocycles. The van der Waals surface area contributed by atoms with Crippen LogP contribution < -0.4 is 10.6 Å². The van der Waals surface area contributed by atoms with Gasteiger partial charge in [0.15, 0.2) is 0 Å². The van der Waals surface area contributed by atoms with E-state index in [1.807, 2.05) is 0 Å². The van der Waals surface area contributed by atoms with Crippen molar-refractivity contribution in [2.24, 2.45) is 0 Å². The molecule has 23 heavy (non-hydrogen) atoms. The molecule has 2 unspecified atom stereocenters. The van der Waals surface area contributed by atoms with E-state index in [4.69, 9.17) is 11.6 Å². The minimum Gasteiger partial charge on any atom is -0.394 e. The first-order valence-corrected chi connectivity index (χ1v) is 8.12. The lowest BCUT2D eigenvalue weighted by Gasteiger charge is -2.25. The zero-order valence-corrected chi connectivity index (χ0v) is 14.1. The van der Waals surface area contributed by atoms with E-state index in [1.54, 1.807) is 6.07 Å². The number of aliphatic hydroxyl groups excluding tert-OH is 1. The minimum atomic E-state index is -0.682. The molecule has 5 nitrogen and oxygen atoms in total. The molecule has 1 aliphatic carbocycles. The Balaban J connectivity index is 1.85. The van der Waals surface area contributed by atoms with Crippen LogP contribution in [-0.2, 0) is 0 Å². The smallest absolute Gasteiger partial charge is 0.315 e. The van der Waals surface area contributed by atoms with E-state index in [9.17, 15) is 14.3 Å². The summed E-state index contributed by atoms with van der Waals surface area (Å²) in [6, 6.07) is 3.98. The second-order valence-electron chi connectivity index (χ2n) is 6.01. The van der Waals surface area contributed by atoms with Crippen molar-refractivity contribution in [1.29, 1.82) is 0 Å². The Morgan fingerprint density at radius 1 is 1.52 bits per heavy atom. The molecule has 0 spiro atoms. The van der Waals surface area contributed by atoms with Crippen molar-refractivity contribution >= 4 is 17.6 Å². The number of likely N-dealkylation sites (N-methyl/N-ethyl adjacent to an activating group) is 1. The van der Waals surface area contributed by atoms with Gasteiger partial charge in [-0.05, 0) is 44.5 Å². The van der Waals surface area contributed by atoms with Gasteiger partial charge < -0.3 is 15.7 Å². The van der Waals surface area contributed by atoms with Gasteiger partial charge in [0.25, 0.3) is 0 Å². The van der Waals surface area contributed by atoms with Crippen LogP contribution in [0, 0.1) is 5.82 Å². The standard InChI is InChI=1S/C16H23ClFN3O2/c1-10(21(2)12-4-5-12)8-19-16(23)20-15(9-22)11-3-6-13(17)14(18)7-11/h3,6-7,10,12,15,22H,4-5,8-9H2,1-2H3,(H2,19,20,23). The number of aliphatic hydroxyl groups is 1. The zero-order valence-electron chi connectivity index (χ0n) is 13.4. The summed E-state index contributed by atoms with van der Waals surface area (Å²) in [7, 11) is 2.05. The van der Waals surface area contributed by atoms with Gasteiger partial charge in [-0.3, -0.25) is 4.90 Å². The summed E-state index contributed by atoms with van der Waals surface area (Å²) in [6.45, 7) is 2.23.